The van der Waals surface area contributed by atoms with Crippen LogP contribution in [0.3, 0.4) is 0 Å². The molecule has 2 rings (SSSR count). The van der Waals surface area contributed by atoms with Gasteiger partial charge in [0.15, 0.2) is 0 Å². The summed E-state index contributed by atoms with van der Waals surface area (Å²) >= 11 is 0. The molecule has 5 nitrogen and oxygen atoms in total. The Kier molecular flexibility index (Phi) is 6.05. The number of ether oxygens (including phenoxy) is 1. The Morgan fingerprint density at radius 2 is 1.46 bits per heavy atom. The van der Waals surface area contributed by atoms with Crippen molar-refractivity contribution >= 4 is 17.7 Å². The van der Waals surface area contributed by atoms with E-state index in [0.29, 0.717) is 25.7 Å². The highest BCUT2D eigenvalue weighted by atomic mass is 16.6. The molecule has 0 aromatic heterocycles. The summed E-state index contributed by atoms with van der Waals surface area (Å²) in [4.78, 5) is 35.4. The highest BCUT2D eigenvalue weighted by Gasteiger charge is 2.35. The number of ketones is 1. The van der Waals surface area contributed by atoms with Crippen LogP contribution in [0, 0.1) is 23.7 Å². The number of aliphatic carboxylic acids is 1. The van der Waals surface area contributed by atoms with Gasteiger partial charge in [0.1, 0.15) is 11.4 Å². The van der Waals surface area contributed by atoms with Crippen LogP contribution in [0.2, 0.25) is 0 Å². The Balaban J connectivity index is 1.74. The third kappa shape index (κ3) is 5.60. The van der Waals surface area contributed by atoms with Crippen molar-refractivity contribution in [3.05, 3.63) is 0 Å². The first-order valence-corrected chi connectivity index (χ1v) is 9.11. The second-order valence-electron chi connectivity index (χ2n) is 8.55. The molecule has 0 heterocycles. The second kappa shape index (κ2) is 7.66. The summed E-state index contributed by atoms with van der Waals surface area (Å²) in [5.74, 6) is -0.415. The van der Waals surface area contributed by atoms with Crippen molar-refractivity contribution in [1.29, 1.82) is 0 Å². The summed E-state index contributed by atoms with van der Waals surface area (Å²) in [6.45, 7) is 5.58. The number of carbonyl (C=O) groups is 3. The lowest BCUT2D eigenvalue weighted by atomic mass is 9.91. The molecular weight excluding hydrogens is 308 g/mol. The topological polar surface area (TPSA) is 80.7 Å². The molecule has 0 aliphatic heterocycles. The number of esters is 1. The van der Waals surface area contributed by atoms with Crippen LogP contribution in [0.4, 0.5) is 0 Å². The quantitative estimate of drug-likeness (QED) is 0.749. The first-order chi connectivity index (χ1) is 11.1. The van der Waals surface area contributed by atoms with Gasteiger partial charge in [-0.3, -0.25) is 14.4 Å². The first kappa shape index (κ1) is 18.9. The van der Waals surface area contributed by atoms with E-state index >= 15 is 0 Å². The number of carbonyl (C=O) groups excluding carboxylic acids is 2. The summed E-state index contributed by atoms with van der Waals surface area (Å²) < 4.78 is 5.36. The van der Waals surface area contributed by atoms with Gasteiger partial charge in [0.2, 0.25) is 0 Å². The van der Waals surface area contributed by atoms with Gasteiger partial charge >= 0.3 is 11.9 Å². The largest absolute Gasteiger partial charge is 0.481 e. The van der Waals surface area contributed by atoms with Gasteiger partial charge in [-0.15, -0.1) is 0 Å². The minimum absolute atomic E-state index is 0.0429. The van der Waals surface area contributed by atoms with E-state index in [2.05, 4.69) is 0 Å². The predicted molar refractivity (Wildman–Crippen MR) is 89.4 cm³/mol. The van der Waals surface area contributed by atoms with Crippen molar-refractivity contribution in [2.24, 2.45) is 23.7 Å². The molecule has 1 N–H and O–H groups in total. The van der Waals surface area contributed by atoms with Crippen molar-refractivity contribution in [3.63, 3.8) is 0 Å². The van der Waals surface area contributed by atoms with Gasteiger partial charge in [-0.2, -0.15) is 0 Å². The van der Waals surface area contributed by atoms with E-state index < -0.39 is 11.6 Å². The highest BCUT2D eigenvalue weighted by molar-refractivity contribution is 5.82. The van der Waals surface area contributed by atoms with E-state index in [1.165, 1.54) is 0 Å². The monoisotopic (exact) mass is 338 g/mol. The van der Waals surface area contributed by atoms with Crippen LogP contribution in [0.15, 0.2) is 0 Å². The molecule has 2 aliphatic rings. The molecule has 0 amide bonds. The molecule has 4 atom stereocenters. The van der Waals surface area contributed by atoms with Gasteiger partial charge in [-0.05, 0) is 71.1 Å². The number of hydrogen-bond donors (Lipinski definition) is 1. The van der Waals surface area contributed by atoms with Gasteiger partial charge in [0, 0.05) is 18.8 Å². The number of carboxylic acid groups (broad SMARTS) is 1. The van der Waals surface area contributed by atoms with Gasteiger partial charge < -0.3 is 9.84 Å². The maximum absolute atomic E-state index is 12.5. The number of rotatable bonds is 6. The Hall–Kier alpha value is -1.39. The summed E-state index contributed by atoms with van der Waals surface area (Å²) in [7, 11) is 0. The third-order valence-electron chi connectivity index (χ3n) is 5.25. The average Bonchev–Trinajstić information content (AvgIpc) is 3.05. The fraction of sp³-hybridized carbons (Fsp3) is 0.842. The van der Waals surface area contributed by atoms with E-state index in [9.17, 15) is 14.4 Å². The smallest absolute Gasteiger partial charge is 0.306 e. The molecule has 2 aliphatic carbocycles. The molecular formula is C19H30O5. The minimum atomic E-state index is -0.733. The van der Waals surface area contributed by atoms with Crippen LogP contribution in [-0.4, -0.2) is 28.4 Å². The average molecular weight is 338 g/mol. The lowest BCUT2D eigenvalue weighted by Crippen LogP contribution is -2.25. The molecule has 2 saturated carbocycles. The van der Waals surface area contributed by atoms with Gasteiger partial charge in [-0.1, -0.05) is 0 Å². The van der Waals surface area contributed by atoms with Crippen LogP contribution in [0.1, 0.15) is 72.1 Å². The Morgan fingerprint density at radius 1 is 0.917 bits per heavy atom. The molecule has 0 saturated heterocycles. The number of carboxylic acids is 1. The lowest BCUT2D eigenvalue weighted by molar-refractivity contribution is -0.156. The molecule has 136 valence electrons. The van der Waals surface area contributed by atoms with Gasteiger partial charge in [0.25, 0.3) is 0 Å². The fourth-order valence-electron chi connectivity index (χ4n) is 4.11. The van der Waals surface area contributed by atoms with E-state index in [1.54, 1.807) is 0 Å². The summed E-state index contributed by atoms with van der Waals surface area (Å²) in [6, 6.07) is 0. The first-order valence-electron chi connectivity index (χ1n) is 9.11. The molecule has 0 bridgehead atoms. The molecule has 0 radical (unpaired) electrons. The molecule has 0 spiro atoms. The van der Waals surface area contributed by atoms with Crippen LogP contribution in [0.25, 0.3) is 0 Å². The predicted octanol–water partition coefficient (Wildman–Crippen LogP) is 3.59. The number of Topliss-reactive ketones (excluding diaryl/α,β-unsaturated/α-hetero) is 1. The Morgan fingerprint density at radius 3 is 2.00 bits per heavy atom. The van der Waals surface area contributed by atoms with E-state index in [1.807, 2.05) is 20.8 Å². The second-order valence-corrected chi connectivity index (χ2v) is 8.55. The lowest BCUT2D eigenvalue weighted by Gasteiger charge is -2.20. The summed E-state index contributed by atoms with van der Waals surface area (Å²) in [5, 5.41) is 9.05. The van der Waals surface area contributed by atoms with Crippen LogP contribution in [-0.2, 0) is 19.1 Å². The van der Waals surface area contributed by atoms with Crippen molar-refractivity contribution in [2.75, 3.05) is 0 Å². The van der Waals surface area contributed by atoms with Crippen molar-refractivity contribution in [2.45, 2.75) is 77.7 Å². The number of hydrogen-bond acceptors (Lipinski definition) is 4. The molecule has 5 heteroatoms. The zero-order chi connectivity index (χ0) is 17.9. The SMILES string of the molecule is CC(C)(C)OC(=O)C[C@H]1CC[C@H](C(=O)C[C@H]2CC[C@H](C(=O)O)C2)C1. The molecule has 24 heavy (non-hydrogen) atoms. The minimum Gasteiger partial charge on any atom is -0.481 e. The Bertz CT molecular complexity index is 490. The summed E-state index contributed by atoms with van der Waals surface area (Å²) in [6.07, 6.45) is 5.59. The van der Waals surface area contributed by atoms with Gasteiger partial charge in [-0.25, -0.2) is 0 Å². The zero-order valence-electron chi connectivity index (χ0n) is 15.0. The fourth-order valence-corrected chi connectivity index (χ4v) is 4.11. The molecule has 0 aromatic rings. The zero-order valence-corrected chi connectivity index (χ0v) is 15.0. The van der Waals surface area contributed by atoms with E-state index in [0.717, 1.165) is 25.7 Å². The van der Waals surface area contributed by atoms with Crippen LogP contribution in [0.5, 0.6) is 0 Å². The standard InChI is InChI=1S/C19H30O5/c1-19(2,3)24-17(21)11-13-4-6-14(8-13)16(20)10-12-5-7-15(9-12)18(22)23/h12-15H,4-11H2,1-3H3,(H,22,23)/t12-,13-,14-,15-/m0/s1. The van der Waals surface area contributed by atoms with Crippen molar-refractivity contribution in [3.8, 4) is 0 Å². The van der Waals surface area contributed by atoms with E-state index in [4.69, 9.17) is 9.84 Å². The highest BCUT2D eigenvalue weighted by Crippen LogP contribution is 2.38. The summed E-state index contributed by atoms with van der Waals surface area (Å²) in [5.41, 5.74) is -0.464. The molecule has 0 unspecified atom stereocenters. The molecule has 0 aromatic carbocycles. The normalized spacial score (nSPS) is 30.3. The van der Waals surface area contributed by atoms with Crippen LogP contribution < -0.4 is 0 Å². The van der Waals surface area contributed by atoms with Crippen LogP contribution >= 0.6 is 0 Å². The Labute approximate surface area is 144 Å². The maximum Gasteiger partial charge on any atom is 0.306 e. The van der Waals surface area contributed by atoms with E-state index in [-0.39, 0.29) is 35.4 Å². The third-order valence-corrected chi connectivity index (χ3v) is 5.25. The molecule has 2 fully saturated rings. The van der Waals surface area contributed by atoms with Crippen molar-refractivity contribution in [1.82, 2.24) is 0 Å². The maximum atomic E-state index is 12.5. The van der Waals surface area contributed by atoms with Crippen molar-refractivity contribution < 1.29 is 24.2 Å². The van der Waals surface area contributed by atoms with Gasteiger partial charge in [0.05, 0.1) is 5.92 Å².